The Bertz CT molecular complexity index is 1320. The smallest absolute Gasteiger partial charge is 0.272 e. The topological polar surface area (TPSA) is 82.5 Å². The van der Waals surface area contributed by atoms with Gasteiger partial charge in [0, 0.05) is 16.6 Å². The molecule has 1 N–H and O–H groups in total. The predicted octanol–water partition coefficient (Wildman–Crippen LogP) is 2.96. The minimum Gasteiger partial charge on any atom is -0.454 e. The normalized spacial score (nSPS) is 12.6. The van der Waals surface area contributed by atoms with E-state index in [1.54, 1.807) is 6.92 Å². The zero-order valence-corrected chi connectivity index (χ0v) is 16.4. The van der Waals surface area contributed by atoms with Crippen LogP contribution in [0.25, 0.3) is 20.3 Å². The Morgan fingerprint density at radius 3 is 2.93 bits per heavy atom. The third kappa shape index (κ3) is 3.11. The highest BCUT2D eigenvalue weighted by atomic mass is 32.1. The van der Waals surface area contributed by atoms with Crippen molar-refractivity contribution in [2.45, 2.75) is 20.0 Å². The molecule has 0 aliphatic carbocycles. The summed E-state index contributed by atoms with van der Waals surface area (Å²) in [6, 6.07) is 13.3. The highest BCUT2D eigenvalue weighted by Crippen LogP contribution is 2.32. The molecule has 8 heteroatoms. The Kier molecular flexibility index (Phi) is 4.21. The molecule has 1 amide bonds. The number of benzene rings is 2. The standard InChI is InChI=1S/C21H17N3O4S/c1-12-23-19-14-4-2-3-5-17(14)29-20(19)21(26)24(12)10-18(25)22-9-13-6-7-15-16(8-13)28-11-27-15/h2-8H,9-11H2,1H3,(H,22,25). The van der Waals surface area contributed by atoms with E-state index in [-0.39, 0.29) is 24.8 Å². The van der Waals surface area contributed by atoms with Crippen molar-refractivity contribution in [1.29, 1.82) is 0 Å². The molecule has 4 aromatic rings. The van der Waals surface area contributed by atoms with E-state index in [1.807, 2.05) is 42.5 Å². The van der Waals surface area contributed by atoms with Crippen LogP contribution in [0.15, 0.2) is 47.3 Å². The number of aryl methyl sites for hydroxylation is 1. The van der Waals surface area contributed by atoms with Gasteiger partial charge in [-0.05, 0) is 30.7 Å². The summed E-state index contributed by atoms with van der Waals surface area (Å²) in [5, 5.41) is 3.81. The van der Waals surface area contributed by atoms with Crippen LogP contribution in [0.3, 0.4) is 0 Å². The van der Waals surface area contributed by atoms with Crippen molar-refractivity contribution >= 4 is 37.5 Å². The van der Waals surface area contributed by atoms with Gasteiger partial charge >= 0.3 is 0 Å². The molecule has 0 saturated carbocycles. The van der Waals surface area contributed by atoms with Gasteiger partial charge in [-0.25, -0.2) is 4.98 Å². The zero-order valence-electron chi connectivity index (χ0n) is 15.6. The molecule has 0 radical (unpaired) electrons. The number of amides is 1. The van der Waals surface area contributed by atoms with E-state index in [4.69, 9.17) is 9.47 Å². The number of rotatable bonds is 4. The molecule has 0 saturated heterocycles. The number of carbonyl (C=O) groups is 1. The Morgan fingerprint density at radius 2 is 2.03 bits per heavy atom. The van der Waals surface area contributed by atoms with Crippen molar-refractivity contribution in [3.05, 3.63) is 64.2 Å². The number of aromatic nitrogens is 2. The van der Waals surface area contributed by atoms with Gasteiger partial charge in [0.05, 0.1) is 5.52 Å². The molecule has 1 aliphatic heterocycles. The number of fused-ring (bicyclic) bond motifs is 4. The lowest BCUT2D eigenvalue weighted by molar-refractivity contribution is -0.121. The number of hydrogen-bond acceptors (Lipinski definition) is 6. The second-order valence-corrected chi connectivity index (χ2v) is 7.84. The number of nitrogens with zero attached hydrogens (tertiary/aromatic N) is 2. The lowest BCUT2D eigenvalue weighted by atomic mass is 10.2. The van der Waals surface area contributed by atoms with Crippen LogP contribution >= 0.6 is 11.3 Å². The van der Waals surface area contributed by atoms with E-state index in [0.29, 0.717) is 34.1 Å². The first-order valence-corrected chi connectivity index (χ1v) is 9.96. The fourth-order valence-corrected chi connectivity index (χ4v) is 4.51. The third-order valence-electron chi connectivity index (χ3n) is 4.90. The quantitative estimate of drug-likeness (QED) is 0.562. The second kappa shape index (κ2) is 6.89. The molecule has 0 bridgehead atoms. The van der Waals surface area contributed by atoms with Gasteiger partial charge in [-0.3, -0.25) is 14.2 Å². The molecule has 29 heavy (non-hydrogen) atoms. The van der Waals surface area contributed by atoms with Gasteiger partial charge in [0.25, 0.3) is 5.56 Å². The molecular weight excluding hydrogens is 390 g/mol. The molecule has 7 nitrogen and oxygen atoms in total. The highest BCUT2D eigenvalue weighted by molar-refractivity contribution is 7.25. The van der Waals surface area contributed by atoms with E-state index in [0.717, 1.165) is 15.6 Å². The second-order valence-electron chi connectivity index (χ2n) is 6.79. The SMILES string of the molecule is Cc1nc2c(sc3ccccc32)c(=O)n1CC(=O)NCc1ccc2c(c1)OCO2. The zero-order chi connectivity index (χ0) is 20.0. The number of hydrogen-bond donors (Lipinski definition) is 1. The maximum atomic E-state index is 13.0. The first-order chi connectivity index (χ1) is 14.1. The fraction of sp³-hybridized carbons (Fsp3) is 0.190. The van der Waals surface area contributed by atoms with Gasteiger partial charge in [0.15, 0.2) is 11.5 Å². The summed E-state index contributed by atoms with van der Waals surface area (Å²) >= 11 is 1.41. The van der Waals surface area contributed by atoms with Gasteiger partial charge in [-0.1, -0.05) is 24.3 Å². The lowest BCUT2D eigenvalue weighted by Gasteiger charge is -2.10. The van der Waals surface area contributed by atoms with Crippen molar-refractivity contribution in [2.24, 2.45) is 0 Å². The van der Waals surface area contributed by atoms with Crippen molar-refractivity contribution in [1.82, 2.24) is 14.9 Å². The minimum atomic E-state index is -0.255. The van der Waals surface area contributed by atoms with Gasteiger partial charge < -0.3 is 14.8 Å². The Labute approximate surface area is 169 Å². The van der Waals surface area contributed by atoms with Crippen molar-refractivity contribution in [3.63, 3.8) is 0 Å². The molecule has 5 rings (SSSR count). The van der Waals surface area contributed by atoms with Gasteiger partial charge in [-0.15, -0.1) is 11.3 Å². The largest absolute Gasteiger partial charge is 0.454 e. The van der Waals surface area contributed by atoms with Crippen LogP contribution in [0.2, 0.25) is 0 Å². The average Bonchev–Trinajstić information content (AvgIpc) is 3.34. The number of nitrogens with one attached hydrogen (secondary N) is 1. The Morgan fingerprint density at radius 1 is 1.21 bits per heavy atom. The number of ether oxygens (including phenoxy) is 2. The van der Waals surface area contributed by atoms with Gasteiger partial charge in [0.1, 0.15) is 17.1 Å². The molecule has 0 unspecified atom stereocenters. The summed E-state index contributed by atoms with van der Waals surface area (Å²) in [5.74, 6) is 1.63. The molecular formula is C21H17N3O4S. The Balaban J connectivity index is 1.37. The maximum absolute atomic E-state index is 13.0. The van der Waals surface area contributed by atoms with E-state index < -0.39 is 0 Å². The van der Waals surface area contributed by atoms with E-state index in [1.165, 1.54) is 15.9 Å². The van der Waals surface area contributed by atoms with Crippen molar-refractivity contribution in [2.75, 3.05) is 6.79 Å². The van der Waals surface area contributed by atoms with E-state index >= 15 is 0 Å². The van der Waals surface area contributed by atoms with Crippen LogP contribution in [-0.2, 0) is 17.9 Å². The fourth-order valence-electron chi connectivity index (χ4n) is 3.42. The highest BCUT2D eigenvalue weighted by Gasteiger charge is 2.16. The molecule has 0 spiro atoms. The number of thiophene rings is 1. The average molecular weight is 407 g/mol. The molecule has 1 aliphatic rings. The van der Waals surface area contributed by atoms with Gasteiger partial charge in [0.2, 0.25) is 12.7 Å². The van der Waals surface area contributed by atoms with Gasteiger partial charge in [-0.2, -0.15) is 0 Å². The Hall–Kier alpha value is -3.39. The minimum absolute atomic E-state index is 0.0770. The van der Waals surface area contributed by atoms with E-state index in [9.17, 15) is 9.59 Å². The molecule has 2 aromatic carbocycles. The first kappa shape index (κ1) is 17.7. The summed E-state index contributed by atoms with van der Waals surface area (Å²) < 4.78 is 13.6. The predicted molar refractivity (Wildman–Crippen MR) is 111 cm³/mol. The first-order valence-electron chi connectivity index (χ1n) is 9.14. The third-order valence-corrected chi connectivity index (χ3v) is 6.05. The van der Waals surface area contributed by atoms with Crippen molar-refractivity contribution in [3.8, 4) is 11.5 Å². The molecule has 0 fully saturated rings. The van der Waals surface area contributed by atoms with Crippen LogP contribution in [0.5, 0.6) is 11.5 Å². The van der Waals surface area contributed by atoms with Crippen LogP contribution in [0, 0.1) is 6.92 Å². The lowest BCUT2D eigenvalue weighted by Crippen LogP contribution is -2.33. The summed E-state index contributed by atoms with van der Waals surface area (Å²) in [5.41, 5.74) is 1.40. The van der Waals surface area contributed by atoms with Crippen LogP contribution < -0.4 is 20.3 Å². The monoisotopic (exact) mass is 407 g/mol. The molecule has 2 aromatic heterocycles. The number of carbonyl (C=O) groups excluding carboxylic acids is 1. The summed E-state index contributed by atoms with van der Waals surface area (Å²) in [4.78, 5) is 30.1. The van der Waals surface area contributed by atoms with Crippen LogP contribution in [0.4, 0.5) is 0 Å². The summed E-state index contributed by atoms with van der Waals surface area (Å²) in [7, 11) is 0. The van der Waals surface area contributed by atoms with E-state index in [2.05, 4.69) is 10.3 Å². The molecule has 0 atom stereocenters. The maximum Gasteiger partial charge on any atom is 0.272 e. The van der Waals surface area contributed by atoms with Crippen molar-refractivity contribution < 1.29 is 14.3 Å². The summed E-state index contributed by atoms with van der Waals surface area (Å²) in [6.45, 7) is 2.22. The van der Waals surface area contributed by atoms with Crippen LogP contribution in [-0.4, -0.2) is 22.3 Å². The molecule has 146 valence electrons. The summed E-state index contributed by atoms with van der Waals surface area (Å²) in [6.07, 6.45) is 0. The van der Waals surface area contributed by atoms with Crippen LogP contribution in [0.1, 0.15) is 11.4 Å². The molecule has 3 heterocycles.